The van der Waals surface area contributed by atoms with Gasteiger partial charge in [-0.3, -0.25) is 4.79 Å². The first kappa shape index (κ1) is 14.8. The van der Waals surface area contributed by atoms with Gasteiger partial charge >= 0.3 is 0 Å². The lowest BCUT2D eigenvalue weighted by atomic mass is 9.73. The van der Waals surface area contributed by atoms with Crippen LogP contribution >= 0.6 is 0 Å². The predicted octanol–water partition coefficient (Wildman–Crippen LogP) is 3.81. The molecule has 1 aromatic carbocycles. The Kier molecular flexibility index (Phi) is 4.26. The number of fused-ring (bicyclic) bond motifs is 1. The molecule has 0 N–H and O–H groups in total. The van der Waals surface area contributed by atoms with Crippen LogP contribution in [0.1, 0.15) is 56.8 Å². The normalized spacial score (nSPS) is 20.1. The average molecular weight is 274 g/mol. The first-order valence-electron chi connectivity index (χ1n) is 7.35. The van der Waals surface area contributed by atoms with Gasteiger partial charge in [0.1, 0.15) is 17.1 Å². The predicted molar refractivity (Wildman–Crippen MR) is 78.1 cm³/mol. The van der Waals surface area contributed by atoms with E-state index in [1.165, 1.54) is 0 Å². The van der Waals surface area contributed by atoms with Crippen LogP contribution in [0.15, 0.2) is 24.3 Å². The maximum absolute atomic E-state index is 12.8. The van der Waals surface area contributed by atoms with Crippen LogP contribution in [0.3, 0.4) is 0 Å². The summed E-state index contributed by atoms with van der Waals surface area (Å²) in [7, 11) is 0. The van der Waals surface area contributed by atoms with Gasteiger partial charge in [0, 0.05) is 6.42 Å². The number of carbonyl (C=O) groups excluding carboxylic acids is 2. The van der Waals surface area contributed by atoms with E-state index in [1.807, 2.05) is 38.1 Å². The number of hydrogen-bond donors (Lipinski definition) is 0. The summed E-state index contributed by atoms with van der Waals surface area (Å²) in [5.74, 6) is 0.700. The first-order chi connectivity index (χ1) is 9.54. The van der Waals surface area contributed by atoms with E-state index in [1.54, 1.807) is 6.92 Å². The summed E-state index contributed by atoms with van der Waals surface area (Å²) >= 11 is 0. The fourth-order valence-corrected chi connectivity index (χ4v) is 3.10. The molecule has 3 heteroatoms. The number of Topliss-reactive ketones (excluding diaryl/α,β-unsaturated/α-hetero) is 2. The number of benzene rings is 1. The number of carbonyl (C=O) groups is 2. The zero-order chi connectivity index (χ0) is 14.8. The zero-order valence-corrected chi connectivity index (χ0v) is 12.4. The second kappa shape index (κ2) is 5.78. The molecule has 108 valence electrons. The third-order valence-corrected chi connectivity index (χ3v) is 4.40. The fraction of sp³-hybridized carbons (Fsp3) is 0.529. The smallest absolute Gasteiger partial charge is 0.173 e. The Hall–Kier alpha value is -1.64. The summed E-state index contributed by atoms with van der Waals surface area (Å²) in [5.41, 5.74) is 0.180. The lowest BCUT2D eigenvalue weighted by molar-refractivity contribution is -0.117. The summed E-state index contributed by atoms with van der Waals surface area (Å²) in [6.07, 6.45) is 2.55. The Morgan fingerprint density at radius 1 is 1.25 bits per heavy atom. The van der Waals surface area contributed by atoms with Crippen molar-refractivity contribution in [3.05, 3.63) is 29.8 Å². The average Bonchev–Trinajstić information content (AvgIpc) is 2.45. The number of ketones is 2. The van der Waals surface area contributed by atoms with Crippen LogP contribution < -0.4 is 4.74 Å². The van der Waals surface area contributed by atoms with Crippen LogP contribution in [0.25, 0.3) is 0 Å². The molecule has 1 heterocycles. The highest BCUT2D eigenvalue weighted by atomic mass is 16.5. The second-order valence-electron chi connectivity index (χ2n) is 5.53. The van der Waals surface area contributed by atoms with E-state index < -0.39 is 5.60 Å². The molecule has 1 aliphatic heterocycles. The topological polar surface area (TPSA) is 43.4 Å². The summed E-state index contributed by atoms with van der Waals surface area (Å²) in [4.78, 5) is 24.0. The molecule has 20 heavy (non-hydrogen) atoms. The second-order valence-corrected chi connectivity index (χ2v) is 5.53. The molecule has 0 bridgehead atoms. The van der Waals surface area contributed by atoms with E-state index in [0.717, 1.165) is 12.8 Å². The van der Waals surface area contributed by atoms with Crippen molar-refractivity contribution in [1.29, 1.82) is 0 Å². The van der Waals surface area contributed by atoms with E-state index in [4.69, 9.17) is 4.74 Å². The van der Waals surface area contributed by atoms with Crippen LogP contribution in [0.2, 0.25) is 0 Å². The van der Waals surface area contributed by atoms with Gasteiger partial charge < -0.3 is 9.53 Å². The molecule has 0 saturated carbocycles. The maximum Gasteiger partial charge on any atom is 0.173 e. The minimum Gasteiger partial charge on any atom is -0.486 e. The Bertz CT molecular complexity index is 515. The highest BCUT2D eigenvalue weighted by Gasteiger charge is 2.46. The van der Waals surface area contributed by atoms with Crippen molar-refractivity contribution in [2.45, 2.75) is 52.1 Å². The molecule has 1 aliphatic rings. The van der Waals surface area contributed by atoms with Crippen molar-refractivity contribution in [3.8, 4) is 5.75 Å². The van der Waals surface area contributed by atoms with Crippen LogP contribution in [-0.2, 0) is 4.79 Å². The lowest BCUT2D eigenvalue weighted by Gasteiger charge is -2.43. The molecule has 0 radical (unpaired) electrons. The molecule has 1 atom stereocenters. The Morgan fingerprint density at radius 2 is 1.90 bits per heavy atom. The van der Waals surface area contributed by atoms with Crippen molar-refractivity contribution in [2.24, 2.45) is 5.92 Å². The van der Waals surface area contributed by atoms with Gasteiger partial charge in [-0.15, -0.1) is 0 Å². The number of ether oxygens (including phenoxy) is 1. The van der Waals surface area contributed by atoms with Crippen molar-refractivity contribution >= 4 is 11.6 Å². The Balaban J connectivity index is 2.40. The van der Waals surface area contributed by atoms with E-state index >= 15 is 0 Å². The van der Waals surface area contributed by atoms with E-state index in [0.29, 0.717) is 24.2 Å². The van der Waals surface area contributed by atoms with Gasteiger partial charge in [-0.2, -0.15) is 0 Å². The third-order valence-electron chi connectivity index (χ3n) is 4.40. The van der Waals surface area contributed by atoms with Crippen LogP contribution in [0.5, 0.6) is 5.75 Å². The molecule has 1 unspecified atom stereocenters. The van der Waals surface area contributed by atoms with Gasteiger partial charge in [0.2, 0.25) is 0 Å². The first-order valence-corrected chi connectivity index (χ1v) is 7.35. The molecule has 0 saturated heterocycles. The molecule has 3 nitrogen and oxygen atoms in total. The van der Waals surface area contributed by atoms with Gasteiger partial charge in [-0.1, -0.05) is 26.0 Å². The van der Waals surface area contributed by atoms with E-state index in [2.05, 4.69) is 0 Å². The molecule has 0 aliphatic carbocycles. The largest absolute Gasteiger partial charge is 0.486 e. The number of hydrogen-bond acceptors (Lipinski definition) is 3. The number of rotatable bonds is 5. The Morgan fingerprint density at radius 3 is 2.50 bits per heavy atom. The molecule has 2 rings (SSSR count). The monoisotopic (exact) mass is 274 g/mol. The van der Waals surface area contributed by atoms with Crippen LogP contribution in [0.4, 0.5) is 0 Å². The molecule has 0 fully saturated rings. The molecule has 0 aromatic heterocycles. The molecule has 0 spiro atoms. The molecular formula is C17H22O3. The minimum atomic E-state index is -0.471. The van der Waals surface area contributed by atoms with Crippen molar-refractivity contribution in [2.75, 3.05) is 0 Å². The summed E-state index contributed by atoms with van der Waals surface area (Å²) in [5, 5.41) is 0. The van der Waals surface area contributed by atoms with Crippen molar-refractivity contribution in [3.63, 3.8) is 0 Å². The zero-order valence-electron chi connectivity index (χ0n) is 12.4. The maximum atomic E-state index is 12.8. The SMILES string of the molecule is CCC1(CC)Oc2ccccc2C(=O)C1CCC(C)=O. The van der Waals surface area contributed by atoms with Crippen molar-refractivity contribution in [1.82, 2.24) is 0 Å². The highest BCUT2D eigenvalue weighted by molar-refractivity contribution is 6.02. The van der Waals surface area contributed by atoms with Gasteiger partial charge in [0.05, 0.1) is 11.5 Å². The van der Waals surface area contributed by atoms with Crippen LogP contribution in [-0.4, -0.2) is 17.2 Å². The third kappa shape index (κ3) is 2.49. The summed E-state index contributed by atoms with van der Waals surface area (Å²) in [6.45, 7) is 5.67. The van der Waals surface area contributed by atoms with Crippen LogP contribution in [0, 0.1) is 5.92 Å². The Labute approximate surface area is 120 Å². The van der Waals surface area contributed by atoms with Gasteiger partial charge in [0.15, 0.2) is 5.78 Å². The minimum absolute atomic E-state index is 0.122. The molecule has 1 aromatic rings. The van der Waals surface area contributed by atoms with E-state index in [-0.39, 0.29) is 17.5 Å². The summed E-state index contributed by atoms with van der Waals surface area (Å²) < 4.78 is 6.20. The lowest BCUT2D eigenvalue weighted by Crippen LogP contribution is -2.50. The molecule has 0 amide bonds. The quantitative estimate of drug-likeness (QED) is 0.820. The molecular weight excluding hydrogens is 252 g/mol. The van der Waals surface area contributed by atoms with E-state index in [9.17, 15) is 9.59 Å². The standard InChI is InChI=1S/C17H22O3/c1-4-17(5-2)14(11-10-12(3)18)16(19)13-8-6-7-9-15(13)20-17/h6-9,14H,4-5,10-11H2,1-3H3. The summed E-state index contributed by atoms with van der Waals surface area (Å²) in [6, 6.07) is 7.41. The van der Waals surface area contributed by atoms with Gasteiger partial charge in [0.25, 0.3) is 0 Å². The van der Waals surface area contributed by atoms with Crippen molar-refractivity contribution < 1.29 is 14.3 Å². The highest BCUT2D eigenvalue weighted by Crippen LogP contribution is 2.42. The fourth-order valence-electron chi connectivity index (χ4n) is 3.10. The van der Waals surface area contributed by atoms with Gasteiger partial charge in [-0.05, 0) is 38.3 Å². The number of para-hydroxylation sites is 1. The van der Waals surface area contributed by atoms with Gasteiger partial charge in [-0.25, -0.2) is 0 Å².